The van der Waals surface area contributed by atoms with Gasteiger partial charge in [-0.1, -0.05) is 149 Å². The molecule has 48 heavy (non-hydrogen) atoms. The summed E-state index contributed by atoms with van der Waals surface area (Å²) in [5.41, 5.74) is 16.3. The molecule has 9 rings (SSSR count). The summed E-state index contributed by atoms with van der Waals surface area (Å²) in [7, 11) is 0. The summed E-state index contributed by atoms with van der Waals surface area (Å²) >= 11 is 0. The first-order valence-corrected chi connectivity index (χ1v) is 16.7. The van der Waals surface area contributed by atoms with Crippen LogP contribution in [-0.4, -0.2) is 15.0 Å². The highest BCUT2D eigenvalue weighted by Crippen LogP contribution is 2.56. The molecular formula is C45H35N3. The summed E-state index contributed by atoms with van der Waals surface area (Å²) in [6.45, 7) is 9.46. The molecule has 0 N–H and O–H groups in total. The summed E-state index contributed by atoms with van der Waals surface area (Å²) < 4.78 is 0. The van der Waals surface area contributed by atoms with Crippen LogP contribution in [0.1, 0.15) is 49.9 Å². The third kappa shape index (κ3) is 4.31. The summed E-state index contributed by atoms with van der Waals surface area (Å²) in [4.78, 5) is 14.7. The Kier molecular flexibility index (Phi) is 6.20. The highest BCUT2D eigenvalue weighted by Gasteiger charge is 2.41. The number of hydrogen-bond acceptors (Lipinski definition) is 3. The molecule has 6 aromatic carbocycles. The van der Waals surface area contributed by atoms with Crippen molar-refractivity contribution in [2.45, 2.75) is 38.5 Å². The Morgan fingerprint density at radius 3 is 1.27 bits per heavy atom. The Hall–Kier alpha value is -5.67. The first kappa shape index (κ1) is 28.5. The van der Waals surface area contributed by atoms with Gasteiger partial charge < -0.3 is 0 Å². The van der Waals surface area contributed by atoms with Crippen molar-refractivity contribution in [2.75, 3.05) is 0 Å². The fourth-order valence-corrected chi connectivity index (χ4v) is 7.87. The van der Waals surface area contributed by atoms with E-state index in [0.717, 1.165) is 16.7 Å². The van der Waals surface area contributed by atoms with Crippen LogP contribution in [0.4, 0.5) is 0 Å². The van der Waals surface area contributed by atoms with E-state index in [1.807, 2.05) is 60.7 Å². The highest BCUT2D eigenvalue weighted by molar-refractivity contribution is 5.91. The fourth-order valence-electron chi connectivity index (χ4n) is 7.87. The molecule has 0 saturated carbocycles. The largest absolute Gasteiger partial charge is 0.208 e. The van der Waals surface area contributed by atoms with Gasteiger partial charge in [0, 0.05) is 27.5 Å². The normalized spacial score (nSPS) is 14.6. The van der Waals surface area contributed by atoms with E-state index in [1.165, 1.54) is 55.6 Å². The minimum atomic E-state index is -0.0740. The third-order valence-electron chi connectivity index (χ3n) is 10.6. The van der Waals surface area contributed by atoms with Gasteiger partial charge in [-0.15, -0.1) is 0 Å². The second-order valence-electron chi connectivity index (χ2n) is 14.1. The molecule has 0 fully saturated rings. The lowest BCUT2D eigenvalue weighted by Crippen LogP contribution is -2.16. The van der Waals surface area contributed by atoms with Crippen molar-refractivity contribution < 1.29 is 0 Å². The van der Waals surface area contributed by atoms with Crippen LogP contribution in [0.5, 0.6) is 0 Å². The summed E-state index contributed by atoms with van der Waals surface area (Å²) in [5, 5.41) is 0. The maximum atomic E-state index is 4.92. The molecule has 2 aliphatic rings. The van der Waals surface area contributed by atoms with Crippen LogP contribution in [0.15, 0.2) is 140 Å². The van der Waals surface area contributed by atoms with Crippen LogP contribution in [-0.2, 0) is 10.8 Å². The summed E-state index contributed by atoms with van der Waals surface area (Å²) in [5.74, 6) is 2.00. The molecule has 1 aromatic heterocycles. The summed E-state index contributed by atoms with van der Waals surface area (Å²) in [6.07, 6.45) is 0. The van der Waals surface area contributed by atoms with Crippen LogP contribution >= 0.6 is 0 Å². The lowest BCUT2D eigenvalue weighted by Gasteiger charge is -2.24. The minimum absolute atomic E-state index is 0.0307. The molecule has 1 heterocycles. The zero-order valence-electron chi connectivity index (χ0n) is 27.6. The van der Waals surface area contributed by atoms with Gasteiger partial charge in [0.15, 0.2) is 17.5 Å². The lowest BCUT2D eigenvalue weighted by atomic mass is 9.79. The number of rotatable bonds is 4. The first-order valence-electron chi connectivity index (χ1n) is 16.7. The zero-order chi connectivity index (χ0) is 32.6. The second kappa shape index (κ2) is 10.4. The Labute approximate surface area is 282 Å². The molecule has 3 nitrogen and oxygen atoms in total. The molecule has 0 bridgehead atoms. The molecule has 230 valence electrons. The van der Waals surface area contributed by atoms with Gasteiger partial charge in [-0.05, 0) is 73.8 Å². The average molecular weight is 618 g/mol. The van der Waals surface area contributed by atoms with E-state index in [2.05, 4.69) is 107 Å². The molecule has 2 aliphatic carbocycles. The molecule has 0 atom stereocenters. The number of hydrogen-bond donors (Lipinski definition) is 0. The second-order valence-corrected chi connectivity index (χ2v) is 14.1. The molecule has 0 radical (unpaired) electrons. The van der Waals surface area contributed by atoms with Crippen molar-refractivity contribution in [1.29, 1.82) is 0 Å². The summed E-state index contributed by atoms with van der Waals surface area (Å²) in [6, 6.07) is 49.8. The number of benzene rings is 6. The molecule has 7 aromatic rings. The Balaban J connectivity index is 1.11. The van der Waals surface area contributed by atoms with Crippen LogP contribution in [0.3, 0.4) is 0 Å². The van der Waals surface area contributed by atoms with Gasteiger partial charge >= 0.3 is 0 Å². The molecule has 0 amide bonds. The quantitative estimate of drug-likeness (QED) is 0.197. The van der Waals surface area contributed by atoms with Crippen molar-refractivity contribution >= 4 is 0 Å². The molecule has 0 unspecified atom stereocenters. The van der Waals surface area contributed by atoms with Crippen molar-refractivity contribution in [2.24, 2.45) is 0 Å². The molecular weight excluding hydrogens is 583 g/mol. The van der Waals surface area contributed by atoms with E-state index >= 15 is 0 Å². The van der Waals surface area contributed by atoms with E-state index in [1.54, 1.807) is 0 Å². The Morgan fingerprint density at radius 1 is 0.312 bits per heavy atom. The number of nitrogens with zero attached hydrogens (tertiary/aromatic N) is 3. The standard InChI is InChI=1S/C45H35N3/c1-44(2)37-18-12-11-17-33(37)35-26-40-36(27-39(35)44)34-25-32(23-24-38(34)45(40,3)4)28-19-21-31(22-20-28)43-47-41(29-13-7-5-8-14-29)46-42(48-43)30-15-9-6-10-16-30/h5-27H,1-4H3. The van der Waals surface area contributed by atoms with Crippen LogP contribution in [0.2, 0.25) is 0 Å². The average Bonchev–Trinajstić information content (AvgIpc) is 3.50. The van der Waals surface area contributed by atoms with Gasteiger partial charge in [-0.25, -0.2) is 15.0 Å². The smallest absolute Gasteiger partial charge is 0.164 e. The molecule has 0 saturated heterocycles. The van der Waals surface area contributed by atoms with Crippen LogP contribution < -0.4 is 0 Å². The SMILES string of the molecule is CC1(C)c2ccccc2-c2cc3c(cc21)-c1cc(-c2ccc(-c4nc(-c5ccccc5)nc(-c5ccccc5)n4)cc2)ccc1C3(C)C. The maximum Gasteiger partial charge on any atom is 0.164 e. The van der Waals surface area contributed by atoms with E-state index in [9.17, 15) is 0 Å². The van der Waals surface area contributed by atoms with Crippen molar-refractivity contribution in [3.05, 3.63) is 162 Å². The third-order valence-corrected chi connectivity index (χ3v) is 10.6. The minimum Gasteiger partial charge on any atom is -0.208 e. The molecule has 3 heteroatoms. The van der Waals surface area contributed by atoms with Gasteiger partial charge in [0.2, 0.25) is 0 Å². The van der Waals surface area contributed by atoms with Crippen molar-refractivity contribution in [3.8, 4) is 67.5 Å². The Bertz CT molecular complexity index is 2310. The van der Waals surface area contributed by atoms with Gasteiger partial charge in [0.05, 0.1) is 0 Å². The lowest BCUT2D eigenvalue weighted by molar-refractivity contribution is 0.652. The predicted molar refractivity (Wildman–Crippen MR) is 197 cm³/mol. The van der Waals surface area contributed by atoms with Crippen molar-refractivity contribution in [1.82, 2.24) is 15.0 Å². The highest BCUT2D eigenvalue weighted by atomic mass is 15.0. The fraction of sp³-hybridized carbons (Fsp3) is 0.133. The van der Waals surface area contributed by atoms with E-state index in [-0.39, 0.29) is 10.8 Å². The van der Waals surface area contributed by atoms with Gasteiger partial charge in [-0.3, -0.25) is 0 Å². The van der Waals surface area contributed by atoms with Gasteiger partial charge in [0.1, 0.15) is 0 Å². The van der Waals surface area contributed by atoms with Gasteiger partial charge in [0.25, 0.3) is 0 Å². The van der Waals surface area contributed by atoms with E-state index in [4.69, 9.17) is 15.0 Å². The van der Waals surface area contributed by atoms with E-state index < -0.39 is 0 Å². The maximum absolute atomic E-state index is 4.92. The topological polar surface area (TPSA) is 38.7 Å². The predicted octanol–water partition coefficient (Wildman–Crippen LogP) is 11.2. The number of fused-ring (bicyclic) bond motifs is 6. The first-order chi connectivity index (χ1) is 23.3. The Morgan fingerprint density at radius 2 is 0.708 bits per heavy atom. The van der Waals surface area contributed by atoms with E-state index in [0.29, 0.717) is 17.5 Å². The molecule has 0 aliphatic heterocycles. The van der Waals surface area contributed by atoms with Crippen LogP contribution in [0.25, 0.3) is 67.5 Å². The van der Waals surface area contributed by atoms with Crippen molar-refractivity contribution in [3.63, 3.8) is 0 Å². The zero-order valence-corrected chi connectivity index (χ0v) is 27.6. The molecule has 0 spiro atoms. The van der Waals surface area contributed by atoms with Gasteiger partial charge in [-0.2, -0.15) is 0 Å². The number of aromatic nitrogens is 3. The monoisotopic (exact) mass is 617 g/mol. The van der Waals surface area contributed by atoms with Crippen LogP contribution in [0, 0.1) is 0 Å².